The third-order valence-electron chi connectivity index (χ3n) is 5.48. The van der Waals surface area contributed by atoms with E-state index in [9.17, 15) is 9.50 Å². The number of ether oxygens (including phenoxy) is 4. The molecule has 0 fully saturated rings. The number of aliphatic hydroxyl groups excluding tert-OH is 1. The molecule has 0 spiro atoms. The Morgan fingerprint density at radius 3 is 2.68 bits per heavy atom. The van der Waals surface area contributed by atoms with E-state index >= 15 is 0 Å². The first-order chi connectivity index (χ1) is 16.5. The van der Waals surface area contributed by atoms with Gasteiger partial charge in [-0.15, -0.1) is 0 Å². The van der Waals surface area contributed by atoms with E-state index < -0.39 is 6.10 Å². The van der Waals surface area contributed by atoms with Gasteiger partial charge in [-0.3, -0.25) is 0 Å². The first-order valence-electron chi connectivity index (χ1n) is 11.1. The second kappa shape index (κ2) is 11.6. The topological polar surface area (TPSA) is 69.2 Å². The van der Waals surface area contributed by atoms with E-state index in [1.165, 1.54) is 6.07 Å². The normalized spacial score (nSPS) is 13.4. The molecule has 8 heteroatoms. The summed E-state index contributed by atoms with van der Waals surface area (Å²) in [7, 11) is 1.57. The Kier molecular flexibility index (Phi) is 8.26. The van der Waals surface area contributed by atoms with Crippen molar-refractivity contribution in [2.24, 2.45) is 0 Å². The fourth-order valence-corrected chi connectivity index (χ4v) is 4.30. The monoisotopic (exact) mass is 531 g/mol. The standard InChI is InChI=1S/C26H27BrFNO5/c1-31-25-13-17(15-29-9-8-18-4-2-3-5-21(18)28)12-20(27)26(25)34-16-22(30)19-6-7-23-24(14-19)33-11-10-32-23/h2-7,12-14,22,29-30H,8-11,15-16H2,1H3. The lowest BCUT2D eigenvalue weighted by Crippen LogP contribution is -2.17. The average Bonchev–Trinajstić information content (AvgIpc) is 2.86. The van der Waals surface area contributed by atoms with Crippen LogP contribution in [0.2, 0.25) is 0 Å². The van der Waals surface area contributed by atoms with Crippen molar-refractivity contribution in [3.63, 3.8) is 0 Å². The van der Waals surface area contributed by atoms with Gasteiger partial charge in [0, 0.05) is 6.54 Å². The molecular formula is C26H27BrFNO5. The second-order valence-corrected chi connectivity index (χ2v) is 8.71. The molecule has 0 aromatic heterocycles. The van der Waals surface area contributed by atoms with E-state index in [1.54, 1.807) is 37.4 Å². The Bertz CT molecular complexity index is 1130. The highest BCUT2D eigenvalue weighted by molar-refractivity contribution is 9.10. The van der Waals surface area contributed by atoms with Gasteiger partial charge < -0.3 is 29.4 Å². The van der Waals surface area contributed by atoms with Gasteiger partial charge in [-0.2, -0.15) is 0 Å². The minimum Gasteiger partial charge on any atom is -0.493 e. The van der Waals surface area contributed by atoms with Gasteiger partial charge >= 0.3 is 0 Å². The van der Waals surface area contributed by atoms with Gasteiger partial charge in [-0.05, 0) is 75.9 Å². The van der Waals surface area contributed by atoms with Gasteiger partial charge in [0.2, 0.25) is 0 Å². The molecule has 1 aliphatic heterocycles. The molecular weight excluding hydrogens is 505 g/mol. The maximum Gasteiger partial charge on any atom is 0.175 e. The number of hydrogen-bond donors (Lipinski definition) is 2. The molecule has 1 unspecified atom stereocenters. The molecule has 3 aromatic rings. The second-order valence-electron chi connectivity index (χ2n) is 7.86. The van der Waals surface area contributed by atoms with Crippen molar-refractivity contribution in [1.82, 2.24) is 5.32 Å². The molecule has 3 aromatic carbocycles. The number of nitrogens with one attached hydrogen (secondary N) is 1. The van der Waals surface area contributed by atoms with Crippen molar-refractivity contribution in [3.05, 3.63) is 81.6 Å². The van der Waals surface area contributed by atoms with Crippen LogP contribution in [0.1, 0.15) is 22.8 Å². The molecule has 0 bridgehead atoms. The summed E-state index contributed by atoms with van der Waals surface area (Å²) in [6, 6.07) is 16.0. The van der Waals surface area contributed by atoms with Crippen LogP contribution in [0.5, 0.6) is 23.0 Å². The highest BCUT2D eigenvalue weighted by Gasteiger charge is 2.18. The van der Waals surface area contributed by atoms with E-state index in [-0.39, 0.29) is 12.4 Å². The highest BCUT2D eigenvalue weighted by atomic mass is 79.9. The molecule has 1 atom stereocenters. The molecule has 6 nitrogen and oxygen atoms in total. The van der Waals surface area contributed by atoms with Crippen LogP contribution in [-0.4, -0.2) is 38.6 Å². The molecule has 2 N–H and O–H groups in total. The van der Waals surface area contributed by atoms with Gasteiger partial charge in [0.05, 0.1) is 11.6 Å². The van der Waals surface area contributed by atoms with Crippen LogP contribution in [0.15, 0.2) is 59.1 Å². The van der Waals surface area contributed by atoms with Crippen molar-refractivity contribution in [2.45, 2.75) is 19.1 Å². The molecule has 4 rings (SSSR count). The van der Waals surface area contributed by atoms with E-state index in [0.717, 1.165) is 5.56 Å². The van der Waals surface area contributed by atoms with Crippen molar-refractivity contribution >= 4 is 15.9 Å². The van der Waals surface area contributed by atoms with Crippen LogP contribution in [0.3, 0.4) is 0 Å². The first-order valence-corrected chi connectivity index (χ1v) is 11.9. The minimum atomic E-state index is -0.854. The van der Waals surface area contributed by atoms with Gasteiger partial charge in [-0.25, -0.2) is 4.39 Å². The number of methoxy groups -OCH3 is 1. The Morgan fingerprint density at radius 1 is 1.09 bits per heavy atom. The predicted molar refractivity (Wildman–Crippen MR) is 130 cm³/mol. The third kappa shape index (κ3) is 6.00. The lowest BCUT2D eigenvalue weighted by molar-refractivity contribution is 0.105. The number of halogens is 2. The maximum atomic E-state index is 13.8. The van der Waals surface area contributed by atoms with E-state index in [4.69, 9.17) is 18.9 Å². The minimum absolute atomic E-state index is 0.0365. The fourth-order valence-electron chi connectivity index (χ4n) is 3.70. The zero-order valence-electron chi connectivity index (χ0n) is 18.9. The molecule has 1 heterocycles. The van der Waals surface area contributed by atoms with Crippen LogP contribution >= 0.6 is 15.9 Å². The molecule has 0 radical (unpaired) electrons. The average molecular weight is 532 g/mol. The summed E-state index contributed by atoms with van der Waals surface area (Å²) in [6.07, 6.45) is -0.253. The van der Waals surface area contributed by atoms with Crippen LogP contribution in [0, 0.1) is 5.82 Å². The Labute approximate surface area is 206 Å². The van der Waals surface area contributed by atoms with Crippen molar-refractivity contribution in [3.8, 4) is 23.0 Å². The Balaban J connectivity index is 1.34. The van der Waals surface area contributed by atoms with Gasteiger partial charge in [-0.1, -0.05) is 24.3 Å². The van der Waals surface area contributed by atoms with Crippen LogP contribution in [0.4, 0.5) is 4.39 Å². The van der Waals surface area contributed by atoms with Crippen molar-refractivity contribution < 1.29 is 28.4 Å². The van der Waals surface area contributed by atoms with Crippen LogP contribution in [0.25, 0.3) is 0 Å². The van der Waals surface area contributed by atoms with Gasteiger partial charge in [0.15, 0.2) is 23.0 Å². The van der Waals surface area contributed by atoms with Crippen LogP contribution < -0.4 is 24.3 Å². The summed E-state index contributed by atoms with van der Waals surface area (Å²) in [5.41, 5.74) is 2.35. The quantitative estimate of drug-likeness (QED) is 0.366. The fraction of sp³-hybridized carbons (Fsp3) is 0.308. The predicted octanol–water partition coefficient (Wildman–Crippen LogP) is 4.81. The number of aliphatic hydroxyl groups is 1. The summed E-state index contributed by atoms with van der Waals surface area (Å²) in [5.74, 6) is 2.16. The smallest absolute Gasteiger partial charge is 0.175 e. The van der Waals surface area contributed by atoms with Gasteiger partial charge in [0.1, 0.15) is 31.7 Å². The zero-order chi connectivity index (χ0) is 23.9. The molecule has 180 valence electrons. The van der Waals surface area contributed by atoms with E-state index in [1.807, 2.05) is 18.2 Å². The number of hydrogen-bond acceptors (Lipinski definition) is 6. The van der Waals surface area contributed by atoms with Crippen LogP contribution in [-0.2, 0) is 13.0 Å². The van der Waals surface area contributed by atoms with E-state index in [0.29, 0.717) is 71.3 Å². The third-order valence-corrected chi connectivity index (χ3v) is 6.07. The van der Waals surface area contributed by atoms with Gasteiger partial charge in [0.25, 0.3) is 0 Å². The largest absolute Gasteiger partial charge is 0.493 e. The van der Waals surface area contributed by atoms with Crippen molar-refractivity contribution in [1.29, 1.82) is 0 Å². The number of rotatable bonds is 10. The SMILES string of the molecule is COc1cc(CNCCc2ccccc2F)cc(Br)c1OCC(O)c1ccc2c(c1)OCCO2. The molecule has 34 heavy (non-hydrogen) atoms. The summed E-state index contributed by atoms with van der Waals surface area (Å²) in [6.45, 7) is 2.26. The lowest BCUT2D eigenvalue weighted by Gasteiger charge is -2.21. The molecule has 1 aliphatic rings. The Morgan fingerprint density at radius 2 is 1.88 bits per heavy atom. The summed E-state index contributed by atoms with van der Waals surface area (Å²) in [5, 5.41) is 14.0. The number of benzene rings is 3. The molecule has 0 amide bonds. The molecule has 0 saturated carbocycles. The molecule has 0 saturated heterocycles. The molecule has 0 aliphatic carbocycles. The zero-order valence-corrected chi connectivity index (χ0v) is 20.4. The summed E-state index contributed by atoms with van der Waals surface area (Å²) >= 11 is 3.55. The lowest BCUT2D eigenvalue weighted by atomic mass is 10.1. The Hall–Kier alpha value is -2.81. The number of fused-ring (bicyclic) bond motifs is 1. The first kappa shape index (κ1) is 24.3. The maximum absolute atomic E-state index is 13.8. The van der Waals surface area contributed by atoms with E-state index in [2.05, 4.69) is 21.2 Å². The summed E-state index contributed by atoms with van der Waals surface area (Å²) < 4.78 is 37.0. The van der Waals surface area contributed by atoms with Crippen molar-refractivity contribution in [2.75, 3.05) is 33.5 Å². The summed E-state index contributed by atoms with van der Waals surface area (Å²) in [4.78, 5) is 0. The highest BCUT2D eigenvalue weighted by Crippen LogP contribution is 2.38.